The number of aromatic amines is 1. The summed E-state index contributed by atoms with van der Waals surface area (Å²) in [6.45, 7) is 2.13. The van der Waals surface area contributed by atoms with Gasteiger partial charge < -0.3 is 29.1 Å². The molecule has 37 heavy (non-hydrogen) atoms. The van der Waals surface area contributed by atoms with Crippen LogP contribution in [-0.4, -0.2) is 29.9 Å². The molecule has 0 radical (unpaired) electrons. The normalized spacial score (nSPS) is 14.4. The molecule has 4 aromatic rings. The lowest BCUT2D eigenvalue weighted by atomic mass is 9.83. The number of esters is 1. The molecular weight excluding hydrogens is 476 g/mol. The third kappa shape index (κ3) is 4.34. The summed E-state index contributed by atoms with van der Waals surface area (Å²) in [6, 6.07) is 17.7. The molecule has 0 bridgehead atoms. The Morgan fingerprint density at radius 1 is 1.19 bits per heavy atom. The van der Waals surface area contributed by atoms with Gasteiger partial charge in [-0.15, -0.1) is 5.10 Å². The van der Waals surface area contributed by atoms with Gasteiger partial charge in [0.2, 0.25) is 17.5 Å². The van der Waals surface area contributed by atoms with Gasteiger partial charge in [-0.3, -0.25) is 5.10 Å². The Labute approximate surface area is 211 Å². The molecule has 3 N–H and O–H groups in total. The summed E-state index contributed by atoms with van der Waals surface area (Å²) in [5.41, 5.74) is 9.11. The van der Waals surface area contributed by atoms with E-state index in [1.165, 1.54) is 12.3 Å². The number of nitrogens with one attached hydrogen (secondary N) is 1. The predicted octanol–water partition coefficient (Wildman–Crippen LogP) is 4.51. The zero-order chi connectivity index (χ0) is 25.9. The van der Waals surface area contributed by atoms with Crippen LogP contribution in [0.3, 0.4) is 0 Å². The van der Waals surface area contributed by atoms with E-state index in [0.29, 0.717) is 34.9 Å². The summed E-state index contributed by atoms with van der Waals surface area (Å²) < 4.78 is 27.4. The maximum absolute atomic E-state index is 12.5. The lowest BCUT2D eigenvalue weighted by molar-refractivity contribution is 0.0695. The SMILES string of the molecule is CCOc1cc([C@@H]2C(C#N)=C(N)Oc3n[nH]c(-c4ccc(OC)cc4)c32)ccc1OC(=O)c1ccco1. The van der Waals surface area contributed by atoms with E-state index in [2.05, 4.69) is 16.3 Å². The van der Waals surface area contributed by atoms with E-state index in [4.69, 9.17) is 29.1 Å². The fourth-order valence-corrected chi connectivity index (χ4v) is 4.16. The molecule has 0 aliphatic carbocycles. The highest BCUT2D eigenvalue weighted by Crippen LogP contribution is 2.47. The van der Waals surface area contributed by atoms with Crippen LogP contribution in [0.1, 0.15) is 34.5 Å². The lowest BCUT2D eigenvalue weighted by Gasteiger charge is -2.25. The number of allylic oxidation sites excluding steroid dienone is 1. The second-order valence-electron chi connectivity index (χ2n) is 7.98. The molecule has 0 amide bonds. The first-order chi connectivity index (χ1) is 18.0. The zero-order valence-corrected chi connectivity index (χ0v) is 20.0. The number of hydrogen-bond acceptors (Lipinski definition) is 9. The molecule has 0 saturated heterocycles. The number of benzene rings is 2. The average Bonchev–Trinajstić information content (AvgIpc) is 3.60. The van der Waals surface area contributed by atoms with Crippen molar-refractivity contribution < 1.29 is 28.2 Å². The van der Waals surface area contributed by atoms with E-state index >= 15 is 0 Å². The molecule has 3 heterocycles. The minimum absolute atomic E-state index is 0.0425. The first-order valence-electron chi connectivity index (χ1n) is 11.4. The maximum atomic E-state index is 12.5. The van der Waals surface area contributed by atoms with Gasteiger partial charge in [0.25, 0.3) is 0 Å². The third-order valence-electron chi connectivity index (χ3n) is 5.84. The number of H-pyrrole nitrogens is 1. The van der Waals surface area contributed by atoms with Crippen LogP contribution in [-0.2, 0) is 0 Å². The van der Waals surface area contributed by atoms with Crippen molar-refractivity contribution >= 4 is 5.97 Å². The van der Waals surface area contributed by atoms with Crippen molar-refractivity contribution in [3.05, 3.63) is 89.2 Å². The van der Waals surface area contributed by atoms with Crippen LogP contribution >= 0.6 is 0 Å². The summed E-state index contributed by atoms with van der Waals surface area (Å²) >= 11 is 0. The molecule has 2 aromatic carbocycles. The maximum Gasteiger partial charge on any atom is 0.379 e. The smallest absolute Gasteiger partial charge is 0.379 e. The first-order valence-corrected chi connectivity index (χ1v) is 11.4. The summed E-state index contributed by atoms with van der Waals surface area (Å²) in [7, 11) is 1.59. The number of furan rings is 1. The lowest BCUT2D eigenvalue weighted by Crippen LogP contribution is -2.21. The molecule has 5 rings (SSSR count). The highest BCUT2D eigenvalue weighted by Gasteiger charge is 2.36. The molecule has 1 aliphatic heterocycles. The molecule has 2 aromatic heterocycles. The topological polar surface area (TPSA) is 146 Å². The highest BCUT2D eigenvalue weighted by atomic mass is 16.6. The van der Waals surface area contributed by atoms with Gasteiger partial charge in [0.05, 0.1) is 37.2 Å². The summed E-state index contributed by atoms with van der Waals surface area (Å²) in [5.74, 6) is 0.218. The van der Waals surface area contributed by atoms with Gasteiger partial charge in [-0.2, -0.15) is 5.26 Å². The largest absolute Gasteiger partial charge is 0.497 e. The van der Waals surface area contributed by atoms with E-state index in [1.807, 2.05) is 31.2 Å². The number of methoxy groups -OCH3 is 1. The molecule has 1 atom stereocenters. The Hall–Kier alpha value is -5.17. The van der Waals surface area contributed by atoms with Gasteiger partial charge >= 0.3 is 5.97 Å². The van der Waals surface area contributed by atoms with Crippen LogP contribution in [0, 0.1) is 11.3 Å². The van der Waals surface area contributed by atoms with E-state index < -0.39 is 11.9 Å². The van der Waals surface area contributed by atoms with E-state index in [9.17, 15) is 10.1 Å². The Bertz CT molecular complexity index is 1510. The summed E-state index contributed by atoms with van der Waals surface area (Å²) in [4.78, 5) is 12.5. The van der Waals surface area contributed by atoms with Crippen molar-refractivity contribution in [1.29, 1.82) is 5.26 Å². The number of nitrogens with zero attached hydrogens (tertiary/aromatic N) is 2. The second kappa shape index (κ2) is 9.83. The van der Waals surface area contributed by atoms with Gasteiger partial charge in [-0.05, 0) is 61.0 Å². The average molecular weight is 498 g/mol. The number of ether oxygens (including phenoxy) is 4. The van der Waals surface area contributed by atoms with Crippen molar-refractivity contribution in [1.82, 2.24) is 10.2 Å². The van der Waals surface area contributed by atoms with Crippen LogP contribution in [0.5, 0.6) is 23.1 Å². The fraction of sp³-hybridized carbons (Fsp3) is 0.148. The predicted molar refractivity (Wildman–Crippen MR) is 131 cm³/mol. The van der Waals surface area contributed by atoms with Crippen LogP contribution in [0.2, 0.25) is 0 Å². The van der Waals surface area contributed by atoms with Gasteiger partial charge in [-0.1, -0.05) is 6.07 Å². The first kappa shape index (κ1) is 23.6. The molecular formula is C27H22N4O6. The van der Waals surface area contributed by atoms with Crippen LogP contribution in [0.15, 0.2) is 76.7 Å². The zero-order valence-electron chi connectivity index (χ0n) is 20.0. The monoisotopic (exact) mass is 498 g/mol. The Morgan fingerprint density at radius 2 is 2.00 bits per heavy atom. The second-order valence-corrected chi connectivity index (χ2v) is 7.98. The van der Waals surface area contributed by atoms with Crippen LogP contribution < -0.4 is 24.7 Å². The van der Waals surface area contributed by atoms with E-state index in [0.717, 1.165) is 5.56 Å². The van der Waals surface area contributed by atoms with E-state index in [-0.39, 0.29) is 28.8 Å². The minimum Gasteiger partial charge on any atom is -0.497 e. The van der Waals surface area contributed by atoms with Crippen molar-refractivity contribution in [2.24, 2.45) is 5.73 Å². The van der Waals surface area contributed by atoms with Gasteiger partial charge in [0, 0.05) is 5.56 Å². The quantitative estimate of drug-likeness (QED) is 0.277. The number of rotatable bonds is 7. The molecule has 10 heteroatoms. The van der Waals surface area contributed by atoms with Gasteiger partial charge in [0.15, 0.2) is 11.5 Å². The number of carbonyl (C=O) groups excluding carboxylic acids is 1. The number of nitriles is 1. The standard InChI is InChI=1S/C27H22N4O6/c1-3-34-21-13-16(8-11-19(21)36-27(32)20-5-4-12-35-20)22-18(14-28)25(29)37-26-23(22)24(30-31-26)15-6-9-17(33-2)10-7-15/h4-13,22H,3,29H2,1-2H3,(H,30,31)/t22-/m1/s1. The van der Waals surface area contributed by atoms with Crippen molar-refractivity contribution in [3.63, 3.8) is 0 Å². The van der Waals surface area contributed by atoms with Gasteiger partial charge in [-0.25, -0.2) is 4.79 Å². The summed E-state index contributed by atoms with van der Waals surface area (Å²) in [6.07, 6.45) is 1.39. The van der Waals surface area contributed by atoms with E-state index in [1.54, 1.807) is 31.4 Å². The van der Waals surface area contributed by atoms with Crippen molar-refractivity contribution in [3.8, 4) is 40.5 Å². The molecule has 0 saturated carbocycles. The van der Waals surface area contributed by atoms with Gasteiger partial charge in [0.1, 0.15) is 17.4 Å². The Morgan fingerprint density at radius 3 is 2.68 bits per heavy atom. The van der Waals surface area contributed by atoms with Crippen LogP contribution in [0.4, 0.5) is 0 Å². The molecule has 0 spiro atoms. The molecule has 0 fully saturated rings. The number of fused-ring (bicyclic) bond motifs is 1. The molecule has 10 nitrogen and oxygen atoms in total. The number of aromatic nitrogens is 2. The third-order valence-corrected chi connectivity index (χ3v) is 5.84. The van der Waals surface area contributed by atoms with Crippen molar-refractivity contribution in [2.45, 2.75) is 12.8 Å². The molecule has 0 unspecified atom stereocenters. The fourth-order valence-electron chi connectivity index (χ4n) is 4.16. The number of nitrogens with two attached hydrogens (primary N) is 1. The van der Waals surface area contributed by atoms with Crippen LogP contribution in [0.25, 0.3) is 11.3 Å². The Kier molecular flexibility index (Phi) is 6.26. The molecule has 186 valence electrons. The highest BCUT2D eigenvalue weighted by molar-refractivity contribution is 5.88. The number of hydrogen-bond donors (Lipinski definition) is 2. The van der Waals surface area contributed by atoms with Crippen molar-refractivity contribution in [2.75, 3.05) is 13.7 Å². The Balaban J connectivity index is 1.59. The number of carbonyl (C=O) groups is 1. The molecule has 1 aliphatic rings. The minimum atomic E-state index is -0.662. The summed E-state index contributed by atoms with van der Waals surface area (Å²) in [5, 5.41) is 17.3.